The third-order valence-electron chi connectivity index (χ3n) is 7.00. The molecule has 1 aliphatic carbocycles. The number of aromatic hydroxyl groups is 1. The minimum absolute atomic E-state index is 0.0300. The minimum atomic E-state index is -0.230. The van der Waals surface area contributed by atoms with E-state index in [0.29, 0.717) is 11.3 Å². The summed E-state index contributed by atoms with van der Waals surface area (Å²) >= 11 is 0. The first-order valence-electron chi connectivity index (χ1n) is 11.6. The first-order chi connectivity index (χ1) is 16.3. The number of aryl methyl sites for hydroxylation is 2. The van der Waals surface area contributed by atoms with Crippen LogP contribution in [-0.4, -0.2) is 17.5 Å². The fourth-order valence-corrected chi connectivity index (χ4v) is 4.78. The van der Waals surface area contributed by atoms with Crippen molar-refractivity contribution >= 4 is 22.6 Å². The molecule has 170 valence electrons. The first-order valence-corrected chi connectivity index (χ1v) is 11.6. The van der Waals surface area contributed by atoms with Crippen molar-refractivity contribution in [2.45, 2.75) is 33.1 Å². The monoisotopic (exact) mass is 448 g/mol. The molecular formula is C31H28O3. The Labute approximate surface area is 200 Å². The molecule has 0 saturated heterocycles. The van der Waals surface area contributed by atoms with Crippen molar-refractivity contribution in [1.29, 1.82) is 0 Å². The average molecular weight is 449 g/mol. The summed E-state index contributed by atoms with van der Waals surface area (Å²) in [6, 6.07) is 24.0. The largest absolute Gasteiger partial charge is 0.508 e. The predicted octanol–water partition coefficient (Wildman–Crippen LogP) is 7.15. The Balaban J connectivity index is 1.39. The van der Waals surface area contributed by atoms with Crippen molar-refractivity contribution in [3.8, 4) is 11.5 Å². The molecule has 1 aliphatic rings. The molecule has 3 nitrogen and oxygen atoms in total. The standard InChI is InChI=1S/C31H28O3/c1-19-15-24(11-13-27(19)32)31(3,4)25-12-14-28(20(2)16-25)34-18-23-17-22-9-5-7-21-8-6-10-26(29(21)22)30(23)33/h5-17,32H,18H2,1-4H3. The number of ketones is 1. The molecule has 0 radical (unpaired) electrons. The van der Waals surface area contributed by atoms with Crippen LogP contribution >= 0.6 is 0 Å². The van der Waals surface area contributed by atoms with Gasteiger partial charge in [0.25, 0.3) is 0 Å². The van der Waals surface area contributed by atoms with Gasteiger partial charge >= 0.3 is 0 Å². The van der Waals surface area contributed by atoms with Crippen molar-refractivity contribution in [3.63, 3.8) is 0 Å². The summed E-state index contributed by atoms with van der Waals surface area (Å²) in [5, 5.41) is 12.0. The Hall–Kier alpha value is -3.85. The van der Waals surface area contributed by atoms with E-state index in [1.807, 2.05) is 74.5 Å². The summed E-state index contributed by atoms with van der Waals surface area (Å²) in [6.07, 6.45) is 1.96. The summed E-state index contributed by atoms with van der Waals surface area (Å²) in [5.41, 5.74) is 6.42. The molecule has 0 spiro atoms. The quantitative estimate of drug-likeness (QED) is 0.353. The zero-order chi connectivity index (χ0) is 24.0. The molecule has 0 unspecified atom stereocenters. The lowest BCUT2D eigenvalue weighted by Crippen LogP contribution is -2.19. The van der Waals surface area contributed by atoms with E-state index in [2.05, 4.69) is 26.0 Å². The molecule has 5 rings (SSSR count). The van der Waals surface area contributed by atoms with Gasteiger partial charge in [0.2, 0.25) is 0 Å². The van der Waals surface area contributed by atoms with E-state index in [1.165, 1.54) is 0 Å². The van der Waals surface area contributed by atoms with E-state index >= 15 is 0 Å². The molecule has 34 heavy (non-hydrogen) atoms. The molecule has 1 N–H and O–H groups in total. The van der Waals surface area contributed by atoms with Gasteiger partial charge in [0, 0.05) is 21.9 Å². The van der Waals surface area contributed by atoms with Gasteiger partial charge in [-0.2, -0.15) is 0 Å². The Morgan fingerprint density at radius 3 is 2.24 bits per heavy atom. The molecule has 0 aromatic heterocycles. The van der Waals surface area contributed by atoms with Crippen LogP contribution in [0.3, 0.4) is 0 Å². The molecule has 0 heterocycles. The molecule has 0 amide bonds. The summed E-state index contributed by atoms with van der Waals surface area (Å²) < 4.78 is 6.14. The highest BCUT2D eigenvalue weighted by Gasteiger charge is 2.25. The predicted molar refractivity (Wildman–Crippen MR) is 138 cm³/mol. The maximum Gasteiger partial charge on any atom is 0.193 e. The number of hydrogen-bond acceptors (Lipinski definition) is 3. The van der Waals surface area contributed by atoms with Gasteiger partial charge in [-0.15, -0.1) is 0 Å². The second-order valence-corrected chi connectivity index (χ2v) is 9.64. The van der Waals surface area contributed by atoms with Crippen molar-refractivity contribution in [2.24, 2.45) is 0 Å². The lowest BCUT2D eigenvalue weighted by Gasteiger charge is -2.27. The first kappa shape index (κ1) is 22.0. The van der Waals surface area contributed by atoms with E-state index in [9.17, 15) is 9.90 Å². The number of rotatable bonds is 5. The fourth-order valence-electron chi connectivity index (χ4n) is 4.78. The van der Waals surface area contributed by atoms with Crippen LogP contribution in [-0.2, 0) is 5.41 Å². The van der Waals surface area contributed by atoms with Gasteiger partial charge < -0.3 is 9.84 Å². The third-order valence-corrected chi connectivity index (χ3v) is 7.00. The number of Topliss-reactive ketones (excluding diaryl/α,β-unsaturated/α-hetero) is 1. The van der Waals surface area contributed by atoms with Gasteiger partial charge in [-0.3, -0.25) is 4.79 Å². The average Bonchev–Trinajstić information content (AvgIpc) is 2.82. The molecular weight excluding hydrogens is 420 g/mol. The van der Waals surface area contributed by atoms with Crippen molar-refractivity contribution in [2.75, 3.05) is 6.61 Å². The topological polar surface area (TPSA) is 46.5 Å². The van der Waals surface area contributed by atoms with E-state index in [0.717, 1.165) is 49.9 Å². The van der Waals surface area contributed by atoms with E-state index in [4.69, 9.17) is 4.74 Å². The highest BCUT2D eigenvalue weighted by atomic mass is 16.5. The lowest BCUT2D eigenvalue weighted by atomic mass is 9.77. The Morgan fingerprint density at radius 1 is 0.853 bits per heavy atom. The lowest BCUT2D eigenvalue weighted by molar-refractivity contribution is 0.102. The number of carbonyl (C=O) groups is 1. The van der Waals surface area contributed by atoms with Gasteiger partial charge in [0.1, 0.15) is 18.1 Å². The van der Waals surface area contributed by atoms with Crippen molar-refractivity contribution < 1.29 is 14.6 Å². The molecule has 0 atom stereocenters. The van der Waals surface area contributed by atoms with Crippen LogP contribution in [0.4, 0.5) is 0 Å². The van der Waals surface area contributed by atoms with Gasteiger partial charge in [0.15, 0.2) is 5.78 Å². The molecule has 0 bridgehead atoms. The van der Waals surface area contributed by atoms with Crippen molar-refractivity contribution in [3.05, 3.63) is 112 Å². The van der Waals surface area contributed by atoms with E-state index in [1.54, 1.807) is 6.07 Å². The molecule has 0 saturated carbocycles. The summed E-state index contributed by atoms with van der Waals surface area (Å²) in [6.45, 7) is 8.53. The number of hydrogen-bond donors (Lipinski definition) is 1. The van der Waals surface area contributed by atoms with Crippen LogP contribution in [0.2, 0.25) is 0 Å². The summed E-state index contributed by atoms with van der Waals surface area (Å²) in [7, 11) is 0. The van der Waals surface area contributed by atoms with Crippen LogP contribution < -0.4 is 4.74 Å². The molecule has 0 aliphatic heterocycles. The maximum absolute atomic E-state index is 13.1. The summed E-state index contributed by atoms with van der Waals surface area (Å²) in [4.78, 5) is 13.1. The van der Waals surface area contributed by atoms with E-state index in [-0.39, 0.29) is 17.8 Å². The third kappa shape index (κ3) is 3.67. The maximum atomic E-state index is 13.1. The molecule has 4 aromatic rings. The molecule has 4 aromatic carbocycles. The summed E-state index contributed by atoms with van der Waals surface area (Å²) in [5.74, 6) is 1.11. The second kappa shape index (κ2) is 8.18. The molecule has 3 heteroatoms. The van der Waals surface area contributed by atoms with Gasteiger partial charge in [-0.1, -0.05) is 74.5 Å². The number of benzene rings is 4. The van der Waals surface area contributed by atoms with Gasteiger partial charge in [-0.05, 0) is 65.3 Å². The number of phenols is 1. The normalized spacial score (nSPS) is 13.2. The van der Waals surface area contributed by atoms with Crippen LogP contribution in [0.1, 0.15) is 52.0 Å². The highest BCUT2D eigenvalue weighted by Crippen LogP contribution is 2.36. The number of phenolic OH excluding ortho intramolecular Hbond substituents is 1. The fraction of sp³-hybridized carbons (Fsp3) is 0.194. The van der Waals surface area contributed by atoms with Crippen molar-refractivity contribution in [1.82, 2.24) is 0 Å². The zero-order valence-corrected chi connectivity index (χ0v) is 20.0. The SMILES string of the molecule is Cc1cc(C(C)(C)c2ccc(OCC3=Cc4cccc5cccc(c45)C3=O)c(C)c2)ccc1O. The Bertz CT molecular complexity index is 1470. The van der Waals surface area contributed by atoms with Gasteiger partial charge in [-0.25, -0.2) is 0 Å². The molecule has 0 fully saturated rings. The smallest absolute Gasteiger partial charge is 0.193 e. The van der Waals surface area contributed by atoms with Crippen LogP contribution in [0.15, 0.2) is 78.4 Å². The van der Waals surface area contributed by atoms with Gasteiger partial charge in [0.05, 0.1) is 0 Å². The van der Waals surface area contributed by atoms with Crippen LogP contribution in [0.25, 0.3) is 16.8 Å². The van der Waals surface area contributed by atoms with Crippen LogP contribution in [0.5, 0.6) is 11.5 Å². The minimum Gasteiger partial charge on any atom is -0.508 e. The zero-order valence-electron chi connectivity index (χ0n) is 20.0. The number of carbonyl (C=O) groups excluding carboxylic acids is 1. The Morgan fingerprint density at radius 2 is 1.53 bits per heavy atom. The van der Waals surface area contributed by atoms with Crippen LogP contribution in [0, 0.1) is 13.8 Å². The number of ether oxygens (including phenoxy) is 1. The van der Waals surface area contributed by atoms with E-state index < -0.39 is 0 Å². The Kier molecular flexibility index (Phi) is 5.28. The highest BCUT2D eigenvalue weighted by molar-refractivity contribution is 6.22. The second-order valence-electron chi connectivity index (χ2n) is 9.64.